The first-order valence-corrected chi connectivity index (χ1v) is 11.4. The average Bonchev–Trinajstić information content (AvgIpc) is 2.75. The van der Waals surface area contributed by atoms with Crippen LogP contribution in [-0.2, 0) is 19.1 Å². The molecule has 0 radical (unpaired) electrons. The van der Waals surface area contributed by atoms with Gasteiger partial charge in [-0.15, -0.1) is 0 Å². The lowest BCUT2D eigenvalue weighted by Gasteiger charge is -2.25. The van der Waals surface area contributed by atoms with Crippen LogP contribution >= 0.6 is 0 Å². The van der Waals surface area contributed by atoms with Gasteiger partial charge in [0.15, 0.2) is 0 Å². The van der Waals surface area contributed by atoms with Crippen molar-refractivity contribution in [2.24, 2.45) is 11.8 Å². The second-order valence-corrected chi connectivity index (χ2v) is 8.65. The molecule has 156 valence electrons. The number of carbonyl (C=O) groups excluding carboxylic acids is 2. The summed E-state index contributed by atoms with van der Waals surface area (Å²) in [7, 11) is 0. The second kappa shape index (κ2) is 11.4. The maximum atomic E-state index is 12.3. The van der Waals surface area contributed by atoms with Crippen molar-refractivity contribution in [3.63, 3.8) is 0 Å². The molecule has 0 heterocycles. The van der Waals surface area contributed by atoms with Gasteiger partial charge in [0.2, 0.25) is 0 Å². The van der Waals surface area contributed by atoms with Gasteiger partial charge in [0, 0.05) is 0 Å². The van der Waals surface area contributed by atoms with Gasteiger partial charge in [0.25, 0.3) is 0 Å². The predicted octanol–water partition coefficient (Wildman–Crippen LogP) is 5.66. The SMILES string of the molecule is O=C(OCC=C1CCCCC1)C1CCC(C(=O)OCC=C2CCCCC2)CC1. The van der Waals surface area contributed by atoms with Gasteiger partial charge in [0.05, 0.1) is 11.8 Å². The van der Waals surface area contributed by atoms with Crippen LogP contribution in [0.15, 0.2) is 23.3 Å². The van der Waals surface area contributed by atoms with E-state index >= 15 is 0 Å². The number of rotatable bonds is 6. The van der Waals surface area contributed by atoms with Crippen LogP contribution in [0, 0.1) is 11.8 Å². The molecule has 3 rings (SSSR count). The van der Waals surface area contributed by atoms with Gasteiger partial charge in [-0.2, -0.15) is 0 Å². The maximum absolute atomic E-state index is 12.3. The largest absolute Gasteiger partial charge is 0.461 e. The van der Waals surface area contributed by atoms with Gasteiger partial charge in [-0.05, 0) is 89.2 Å². The quantitative estimate of drug-likeness (QED) is 0.435. The standard InChI is InChI=1S/C24H36O4/c25-23(27-17-15-19-7-3-1-4-8-19)21-11-13-22(14-12-21)24(26)28-18-16-20-9-5-2-6-10-20/h15-16,21-22H,1-14,17-18H2. The molecule has 0 unspecified atom stereocenters. The van der Waals surface area contributed by atoms with Crippen molar-refractivity contribution in [3.8, 4) is 0 Å². The molecule has 0 atom stereocenters. The molecule has 0 amide bonds. The summed E-state index contributed by atoms with van der Waals surface area (Å²) in [4.78, 5) is 24.6. The lowest BCUT2D eigenvalue weighted by atomic mass is 9.82. The summed E-state index contributed by atoms with van der Waals surface area (Å²) in [5, 5.41) is 0. The van der Waals surface area contributed by atoms with E-state index in [-0.39, 0.29) is 23.8 Å². The highest BCUT2D eigenvalue weighted by atomic mass is 16.5. The summed E-state index contributed by atoms with van der Waals surface area (Å²) < 4.78 is 10.9. The monoisotopic (exact) mass is 388 g/mol. The highest BCUT2D eigenvalue weighted by Gasteiger charge is 2.31. The second-order valence-electron chi connectivity index (χ2n) is 8.65. The summed E-state index contributed by atoms with van der Waals surface area (Å²) >= 11 is 0. The summed E-state index contributed by atoms with van der Waals surface area (Å²) in [5.74, 6) is -0.306. The Balaban J connectivity index is 1.31. The Bertz CT molecular complexity index is 513. The molecule has 0 spiro atoms. The van der Waals surface area contributed by atoms with Gasteiger partial charge in [0.1, 0.15) is 13.2 Å². The molecule has 0 aromatic heterocycles. The van der Waals surface area contributed by atoms with Crippen LogP contribution in [0.25, 0.3) is 0 Å². The first-order valence-electron chi connectivity index (χ1n) is 11.4. The normalized spacial score (nSPS) is 25.7. The Morgan fingerprint density at radius 2 is 1.00 bits per heavy atom. The van der Waals surface area contributed by atoms with Crippen LogP contribution in [0.2, 0.25) is 0 Å². The van der Waals surface area contributed by atoms with E-state index in [4.69, 9.17) is 9.47 Å². The van der Waals surface area contributed by atoms with Crippen LogP contribution in [0.5, 0.6) is 0 Å². The highest BCUT2D eigenvalue weighted by Crippen LogP contribution is 2.31. The Kier molecular flexibility index (Phi) is 8.63. The number of allylic oxidation sites excluding steroid dienone is 2. The van der Waals surface area contributed by atoms with Crippen molar-refractivity contribution < 1.29 is 19.1 Å². The van der Waals surface area contributed by atoms with Gasteiger partial charge in [-0.25, -0.2) is 0 Å². The zero-order valence-corrected chi connectivity index (χ0v) is 17.3. The third-order valence-electron chi connectivity index (χ3n) is 6.58. The highest BCUT2D eigenvalue weighted by molar-refractivity contribution is 5.75. The van der Waals surface area contributed by atoms with Gasteiger partial charge >= 0.3 is 11.9 Å². The molecule has 28 heavy (non-hydrogen) atoms. The van der Waals surface area contributed by atoms with E-state index in [1.54, 1.807) is 0 Å². The molecule has 4 heteroatoms. The Morgan fingerprint density at radius 1 is 0.643 bits per heavy atom. The van der Waals surface area contributed by atoms with Crippen molar-refractivity contribution in [2.45, 2.75) is 89.9 Å². The Hall–Kier alpha value is -1.58. The third-order valence-corrected chi connectivity index (χ3v) is 6.58. The fourth-order valence-corrected chi connectivity index (χ4v) is 4.70. The number of hydrogen-bond donors (Lipinski definition) is 0. The van der Waals surface area contributed by atoms with Crippen molar-refractivity contribution in [1.82, 2.24) is 0 Å². The molecule has 3 aliphatic rings. The molecule has 0 aliphatic heterocycles. The topological polar surface area (TPSA) is 52.6 Å². The maximum Gasteiger partial charge on any atom is 0.309 e. The number of carbonyl (C=O) groups is 2. The predicted molar refractivity (Wildman–Crippen MR) is 110 cm³/mol. The Morgan fingerprint density at radius 3 is 1.36 bits per heavy atom. The molecule has 0 N–H and O–H groups in total. The van der Waals surface area contributed by atoms with E-state index in [0.29, 0.717) is 13.2 Å². The number of esters is 2. The molecular weight excluding hydrogens is 352 g/mol. The third kappa shape index (κ3) is 6.79. The lowest BCUT2D eigenvalue weighted by molar-refractivity contribution is -0.153. The van der Waals surface area contributed by atoms with Crippen LogP contribution < -0.4 is 0 Å². The fourth-order valence-electron chi connectivity index (χ4n) is 4.70. The van der Waals surface area contributed by atoms with Crippen molar-refractivity contribution in [3.05, 3.63) is 23.3 Å². The van der Waals surface area contributed by atoms with Crippen LogP contribution in [-0.4, -0.2) is 25.2 Å². The van der Waals surface area contributed by atoms with E-state index in [2.05, 4.69) is 12.2 Å². The molecule has 3 fully saturated rings. The first-order chi connectivity index (χ1) is 13.7. The van der Waals surface area contributed by atoms with Crippen LogP contribution in [0.4, 0.5) is 0 Å². The van der Waals surface area contributed by atoms with E-state index < -0.39 is 0 Å². The minimum Gasteiger partial charge on any atom is -0.461 e. The van der Waals surface area contributed by atoms with Crippen molar-refractivity contribution in [1.29, 1.82) is 0 Å². The molecule has 0 aromatic carbocycles. The minimum absolute atomic E-state index is 0.0573. The van der Waals surface area contributed by atoms with E-state index in [1.165, 1.54) is 49.7 Å². The molecule has 0 saturated heterocycles. The zero-order chi connectivity index (χ0) is 19.6. The lowest BCUT2D eigenvalue weighted by Crippen LogP contribution is -2.28. The van der Waals surface area contributed by atoms with Gasteiger partial charge < -0.3 is 9.47 Å². The number of ether oxygens (including phenoxy) is 2. The van der Waals surface area contributed by atoms with Crippen LogP contribution in [0.3, 0.4) is 0 Å². The molecule has 4 nitrogen and oxygen atoms in total. The summed E-state index contributed by atoms with van der Waals surface area (Å²) in [6.07, 6.45) is 19.4. The molecule has 3 aliphatic carbocycles. The smallest absolute Gasteiger partial charge is 0.309 e. The minimum atomic E-state index is -0.0958. The number of hydrogen-bond acceptors (Lipinski definition) is 4. The van der Waals surface area contributed by atoms with E-state index in [0.717, 1.165) is 51.4 Å². The van der Waals surface area contributed by atoms with Gasteiger partial charge in [-0.1, -0.05) is 24.0 Å². The molecule has 0 aromatic rings. The molecule has 0 bridgehead atoms. The Labute approximate surface area is 169 Å². The van der Waals surface area contributed by atoms with E-state index in [1.807, 2.05) is 0 Å². The van der Waals surface area contributed by atoms with Crippen molar-refractivity contribution in [2.75, 3.05) is 13.2 Å². The zero-order valence-electron chi connectivity index (χ0n) is 17.3. The van der Waals surface area contributed by atoms with Crippen molar-refractivity contribution >= 4 is 11.9 Å². The fraction of sp³-hybridized carbons (Fsp3) is 0.750. The summed E-state index contributed by atoms with van der Waals surface area (Å²) in [5.41, 5.74) is 2.88. The van der Waals surface area contributed by atoms with Crippen LogP contribution in [0.1, 0.15) is 89.9 Å². The first kappa shape index (κ1) is 21.1. The molecule has 3 saturated carbocycles. The summed E-state index contributed by atoms with van der Waals surface area (Å²) in [6.45, 7) is 0.815. The summed E-state index contributed by atoms with van der Waals surface area (Å²) in [6, 6.07) is 0. The molecular formula is C24H36O4. The van der Waals surface area contributed by atoms with E-state index in [9.17, 15) is 9.59 Å². The average molecular weight is 389 g/mol. The van der Waals surface area contributed by atoms with Gasteiger partial charge in [-0.3, -0.25) is 9.59 Å².